The molecule has 1 saturated carbocycles. The fourth-order valence-electron chi connectivity index (χ4n) is 3.90. The minimum absolute atomic E-state index is 0.0900. The lowest BCUT2D eigenvalue weighted by molar-refractivity contribution is -0.113. The Kier molecular flexibility index (Phi) is 6.17. The van der Waals surface area contributed by atoms with E-state index in [0.717, 1.165) is 35.6 Å². The normalized spacial score (nSPS) is 14.8. The number of anilines is 1. The molecule has 0 radical (unpaired) electrons. The number of carbonyl (C=O) groups excluding carboxylic acids is 1. The van der Waals surface area contributed by atoms with Gasteiger partial charge in [-0.2, -0.15) is 5.10 Å². The summed E-state index contributed by atoms with van der Waals surface area (Å²) in [6, 6.07) is 8.51. The smallest absolute Gasteiger partial charge is 0.234 e. The first-order chi connectivity index (χ1) is 14.5. The lowest BCUT2D eigenvalue weighted by Crippen LogP contribution is -2.18. The molecule has 1 N–H and O–H groups in total. The first-order valence-corrected chi connectivity index (χ1v) is 11.4. The second-order valence-electron chi connectivity index (χ2n) is 7.83. The molecule has 9 heteroatoms. The number of benzene rings is 1. The van der Waals surface area contributed by atoms with Crippen molar-refractivity contribution < 1.29 is 4.79 Å². The number of nitrogens with one attached hydrogen (secondary N) is 1. The van der Waals surface area contributed by atoms with Crippen LogP contribution in [0.1, 0.15) is 55.1 Å². The van der Waals surface area contributed by atoms with Gasteiger partial charge < -0.3 is 5.32 Å². The highest BCUT2D eigenvalue weighted by Crippen LogP contribution is 2.30. The summed E-state index contributed by atoms with van der Waals surface area (Å²) in [7, 11) is 0. The zero-order valence-corrected chi connectivity index (χ0v) is 18.4. The summed E-state index contributed by atoms with van der Waals surface area (Å²) in [6.07, 6.45) is 5.89. The maximum absolute atomic E-state index is 12.6. The van der Waals surface area contributed by atoms with Gasteiger partial charge in [-0.3, -0.25) is 4.79 Å². The molecule has 30 heavy (non-hydrogen) atoms. The van der Waals surface area contributed by atoms with Gasteiger partial charge in [0.15, 0.2) is 0 Å². The van der Waals surface area contributed by atoms with Gasteiger partial charge in [-0.1, -0.05) is 48.7 Å². The largest absolute Gasteiger partial charge is 0.322 e. The Morgan fingerprint density at radius 3 is 2.60 bits per heavy atom. The second-order valence-corrected chi connectivity index (χ2v) is 8.77. The van der Waals surface area contributed by atoms with E-state index in [0.29, 0.717) is 11.2 Å². The van der Waals surface area contributed by atoms with Gasteiger partial charge in [-0.15, -0.1) is 5.10 Å². The molecular formula is C21H27N7OS. The van der Waals surface area contributed by atoms with Crippen molar-refractivity contribution in [2.45, 2.75) is 64.1 Å². The monoisotopic (exact) mass is 425 g/mol. The number of hydrogen-bond acceptors (Lipinski definition) is 6. The van der Waals surface area contributed by atoms with Crippen LogP contribution in [0.3, 0.4) is 0 Å². The molecule has 1 aromatic carbocycles. The number of aryl methyl sites for hydroxylation is 2. The van der Waals surface area contributed by atoms with Crippen LogP contribution in [-0.4, -0.2) is 41.6 Å². The van der Waals surface area contributed by atoms with Crippen LogP contribution in [0.15, 0.2) is 29.4 Å². The molecule has 3 aromatic rings. The van der Waals surface area contributed by atoms with Crippen LogP contribution in [0.5, 0.6) is 0 Å². The van der Waals surface area contributed by atoms with E-state index in [1.54, 1.807) is 0 Å². The van der Waals surface area contributed by atoms with Crippen LogP contribution >= 0.6 is 11.8 Å². The molecule has 0 spiro atoms. The van der Waals surface area contributed by atoms with Gasteiger partial charge in [0.1, 0.15) is 0 Å². The quantitative estimate of drug-likeness (QED) is 0.600. The second kappa shape index (κ2) is 8.99. The Bertz CT molecular complexity index is 1020. The van der Waals surface area contributed by atoms with Crippen molar-refractivity contribution in [3.05, 3.63) is 41.2 Å². The van der Waals surface area contributed by atoms with Gasteiger partial charge in [0.05, 0.1) is 34.6 Å². The van der Waals surface area contributed by atoms with E-state index in [-0.39, 0.29) is 11.7 Å². The minimum atomic E-state index is -0.0900. The Morgan fingerprint density at radius 2 is 1.87 bits per heavy atom. The lowest BCUT2D eigenvalue weighted by atomic mass is 9.96. The van der Waals surface area contributed by atoms with Crippen molar-refractivity contribution in [2.75, 3.05) is 11.1 Å². The number of carbonyl (C=O) groups is 1. The van der Waals surface area contributed by atoms with Crippen LogP contribution in [0.4, 0.5) is 5.69 Å². The van der Waals surface area contributed by atoms with E-state index in [2.05, 4.69) is 45.0 Å². The highest BCUT2D eigenvalue weighted by molar-refractivity contribution is 7.99. The molecular weight excluding hydrogens is 398 g/mol. The topological polar surface area (TPSA) is 90.5 Å². The molecule has 0 unspecified atom stereocenters. The van der Waals surface area contributed by atoms with E-state index in [4.69, 9.17) is 0 Å². The summed E-state index contributed by atoms with van der Waals surface area (Å²) in [5.41, 5.74) is 4.62. The molecule has 2 aromatic heterocycles. The van der Waals surface area contributed by atoms with Gasteiger partial charge >= 0.3 is 0 Å². The number of rotatable bonds is 6. The van der Waals surface area contributed by atoms with Gasteiger partial charge in [0.25, 0.3) is 0 Å². The molecule has 2 heterocycles. The number of nitrogens with zero attached hydrogens (tertiary/aromatic N) is 6. The predicted molar refractivity (Wildman–Crippen MR) is 117 cm³/mol. The van der Waals surface area contributed by atoms with Crippen LogP contribution in [0.2, 0.25) is 0 Å². The molecule has 0 bridgehead atoms. The molecule has 158 valence electrons. The predicted octanol–water partition coefficient (Wildman–Crippen LogP) is 4.02. The number of thioether (sulfide) groups is 1. The average molecular weight is 426 g/mol. The molecule has 1 aliphatic rings. The van der Waals surface area contributed by atoms with E-state index in [1.807, 2.05) is 35.3 Å². The van der Waals surface area contributed by atoms with E-state index >= 15 is 0 Å². The summed E-state index contributed by atoms with van der Waals surface area (Å²) >= 11 is 1.38. The van der Waals surface area contributed by atoms with Crippen molar-refractivity contribution in [1.82, 2.24) is 30.0 Å². The first-order valence-electron chi connectivity index (χ1n) is 10.4. The third-order valence-corrected chi connectivity index (χ3v) is 6.48. The maximum Gasteiger partial charge on any atom is 0.234 e. The van der Waals surface area contributed by atoms with Gasteiger partial charge in [0, 0.05) is 0 Å². The Balaban J connectivity index is 1.42. The highest BCUT2D eigenvalue weighted by Gasteiger charge is 2.21. The molecule has 0 aliphatic heterocycles. The molecule has 1 amide bonds. The maximum atomic E-state index is 12.6. The van der Waals surface area contributed by atoms with Crippen molar-refractivity contribution in [3.63, 3.8) is 0 Å². The number of tetrazole rings is 1. The molecule has 0 saturated heterocycles. The number of hydrogen-bond donors (Lipinski definition) is 1. The van der Waals surface area contributed by atoms with Crippen LogP contribution in [-0.2, 0) is 4.79 Å². The summed E-state index contributed by atoms with van der Waals surface area (Å²) in [6.45, 7) is 5.93. The van der Waals surface area contributed by atoms with Crippen molar-refractivity contribution in [2.24, 2.45) is 0 Å². The van der Waals surface area contributed by atoms with Crippen molar-refractivity contribution in [3.8, 4) is 5.69 Å². The van der Waals surface area contributed by atoms with Crippen LogP contribution < -0.4 is 5.32 Å². The fraction of sp³-hybridized carbons (Fsp3) is 0.476. The molecule has 1 fully saturated rings. The molecule has 0 atom stereocenters. The Labute approximate surface area is 180 Å². The van der Waals surface area contributed by atoms with Gasteiger partial charge in [-0.25, -0.2) is 9.36 Å². The summed E-state index contributed by atoms with van der Waals surface area (Å²) in [5, 5.41) is 20.5. The molecule has 1 aliphatic carbocycles. The van der Waals surface area contributed by atoms with E-state index in [9.17, 15) is 4.79 Å². The van der Waals surface area contributed by atoms with Gasteiger partial charge in [-0.05, 0) is 56.2 Å². The zero-order chi connectivity index (χ0) is 21.1. The first kappa shape index (κ1) is 20.6. The zero-order valence-electron chi connectivity index (χ0n) is 17.6. The number of aromatic nitrogens is 6. The Hall–Kier alpha value is -2.68. The summed E-state index contributed by atoms with van der Waals surface area (Å²) in [4.78, 5) is 12.6. The van der Waals surface area contributed by atoms with Crippen molar-refractivity contribution in [1.29, 1.82) is 0 Å². The minimum Gasteiger partial charge on any atom is -0.322 e. The van der Waals surface area contributed by atoms with E-state index < -0.39 is 0 Å². The third kappa shape index (κ3) is 4.40. The standard InChI is InChI=1S/C21H27N7OS/c1-14-9-11-18(12-10-14)27-16(3)20(15(2)24-27)22-19(29)13-30-21-23-25-26-28(21)17-7-5-4-6-8-17/h9-12,17H,4-8,13H2,1-3H3,(H,22,29). The Morgan fingerprint density at radius 1 is 1.13 bits per heavy atom. The van der Waals surface area contributed by atoms with Gasteiger partial charge in [0.2, 0.25) is 11.1 Å². The molecule has 8 nitrogen and oxygen atoms in total. The fourth-order valence-corrected chi connectivity index (χ4v) is 4.65. The summed E-state index contributed by atoms with van der Waals surface area (Å²) in [5.74, 6) is 0.162. The number of amides is 1. The average Bonchev–Trinajstić information content (AvgIpc) is 3.33. The van der Waals surface area contributed by atoms with E-state index in [1.165, 1.54) is 36.6 Å². The van der Waals surface area contributed by atoms with Crippen molar-refractivity contribution >= 4 is 23.4 Å². The molecule has 4 rings (SSSR count). The van der Waals surface area contributed by atoms with Crippen LogP contribution in [0.25, 0.3) is 5.69 Å². The SMILES string of the molecule is Cc1ccc(-n2nc(C)c(NC(=O)CSc3nnnn3C3CCCCC3)c2C)cc1. The lowest BCUT2D eigenvalue weighted by Gasteiger charge is -2.21. The third-order valence-electron chi connectivity index (χ3n) is 5.55. The summed E-state index contributed by atoms with van der Waals surface area (Å²) < 4.78 is 3.75. The highest BCUT2D eigenvalue weighted by atomic mass is 32.2. The van der Waals surface area contributed by atoms with Crippen LogP contribution in [0, 0.1) is 20.8 Å².